The molecule has 0 atom stereocenters. The molecule has 0 fully saturated rings. The molecule has 5 nitrogen and oxygen atoms in total. The smallest absolute Gasteiger partial charge is 0.270 e. The molecule has 0 unspecified atom stereocenters. The molecule has 3 rings (SSSR count). The van der Waals surface area contributed by atoms with E-state index in [4.69, 9.17) is 11.6 Å². The molecule has 0 aliphatic heterocycles. The highest BCUT2D eigenvalue weighted by Gasteiger charge is 2.17. The van der Waals surface area contributed by atoms with Crippen LogP contribution in [0.2, 0.25) is 5.02 Å². The number of carbonyl (C=O) groups excluding carboxylic acids is 1. The van der Waals surface area contributed by atoms with Gasteiger partial charge in [0.2, 0.25) is 0 Å². The van der Waals surface area contributed by atoms with E-state index >= 15 is 0 Å². The third-order valence-corrected chi connectivity index (χ3v) is 3.44. The number of halogens is 1. The summed E-state index contributed by atoms with van der Waals surface area (Å²) in [5.74, 6) is -0.285. The molecule has 0 saturated heterocycles. The van der Waals surface area contributed by atoms with E-state index in [1.807, 2.05) is 0 Å². The Labute approximate surface area is 124 Å². The summed E-state index contributed by atoms with van der Waals surface area (Å²) < 4.78 is 0. The number of H-pyrrole nitrogens is 1. The van der Waals surface area contributed by atoms with Crippen LogP contribution in [0.25, 0.3) is 10.9 Å². The summed E-state index contributed by atoms with van der Waals surface area (Å²) in [5, 5.41) is 12.0. The van der Waals surface area contributed by atoms with Gasteiger partial charge in [-0.15, -0.1) is 0 Å². The minimum absolute atomic E-state index is 0.112. The number of benzene rings is 2. The average Bonchev–Trinajstić information content (AvgIpc) is 2.89. The molecular formula is C15H9ClN2O3. The molecule has 1 aromatic heterocycles. The molecule has 0 aliphatic rings. The molecule has 0 saturated carbocycles. The molecule has 0 amide bonds. The van der Waals surface area contributed by atoms with Crippen molar-refractivity contribution in [3.63, 3.8) is 0 Å². The number of fused-ring (bicyclic) bond motifs is 1. The lowest BCUT2D eigenvalue weighted by atomic mass is 10.0. The minimum Gasteiger partial charge on any atom is -0.360 e. The van der Waals surface area contributed by atoms with Crippen molar-refractivity contribution in [3.05, 3.63) is 74.9 Å². The predicted molar refractivity (Wildman–Crippen MR) is 79.8 cm³/mol. The number of nitro groups is 1. The Bertz CT molecular complexity index is 870. The van der Waals surface area contributed by atoms with Gasteiger partial charge in [0, 0.05) is 45.4 Å². The van der Waals surface area contributed by atoms with Crippen molar-refractivity contribution in [1.29, 1.82) is 0 Å². The van der Waals surface area contributed by atoms with Gasteiger partial charge in [-0.25, -0.2) is 0 Å². The number of hydrogen-bond donors (Lipinski definition) is 1. The fourth-order valence-corrected chi connectivity index (χ4v) is 2.37. The van der Waals surface area contributed by atoms with Gasteiger partial charge in [-0.3, -0.25) is 14.9 Å². The fraction of sp³-hybridized carbons (Fsp3) is 0. The van der Waals surface area contributed by atoms with E-state index in [2.05, 4.69) is 4.98 Å². The van der Waals surface area contributed by atoms with Crippen LogP contribution in [0, 0.1) is 10.1 Å². The van der Waals surface area contributed by atoms with Crippen LogP contribution in [-0.2, 0) is 0 Å². The summed E-state index contributed by atoms with van der Waals surface area (Å²) in [7, 11) is 0. The molecular weight excluding hydrogens is 292 g/mol. The lowest BCUT2D eigenvalue weighted by Gasteiger charge is -2.00. The van der Waals surface area contributed by atoms with Crippen LogP contribution in [-0.4, -0.2) is 15.7 Å². The Morgan fingerprint density at radius 1 is 1.19 bits per heavy atom. The minimum atomic E-state index is -0.525. The Balaban J connectivity index is 2.10. The number of aromatic amines is 1. The summed E-state index contributed by atoms with van der Waals surface area (Å²) >= 11 is 5.95. The first-order valence-corrected chi connectivity index (χ1v) is 6.50. The number of carbonyl (C=O) groups is 1. The van der Waals surface area contributed by atoms with Gasteiger partial charge in [0.25, 0.3) is 5.69 Å². The first kappa shape index (κ1) is 13.3. The summed E-state index contributed by atoms with van der Waals surface area (Å²) in [4.78, 5) is 25.8. The van der Waals surface area contributed by atoms with Gasteiger partial charge in [-0.2, -0.15) is 0 Å². The lowest BCUT2D eigenvalue weighted by Crippen LogP contribution is -2.01. The fourth-order valence-electron chi connectivity index (χ4n) is 2.20. The second-order valence-corrected chi connectivity index (χ2v) is 4.97. The highest BCUT2D eigenvalue weighted by molar-refractivity contribution is 6.31. The highest BCUT2D eigenvalue weighted by atomic mass is 35.5. The largest absolute Gasteiger partial charge is 0.360 e. The predicted octanol–water partition coefficient (Wildman–Crippen LogP) is 3.96. The van der Waals surface area contributed by atoms with Gasteiger partial charge >= 0.3 is 0 Å². The first-order valence-electron chi connectivity index (χ1n) is 6.12. The molecule has 1 N–H and O–H groups in total. The van der Waals surface area contributed by atoms with Crippen molar-refractivity contribution in [3.8, 4) is 0 Å². The Hall–Kier alpha value is -2.66. The van der Waals surface area contributed by atoms with Crippen molar-refractivity contribution in [1.82, 2.24) is 4.98 Å². The van der Waals surface area contributed by atoms with Gasteiger partial charge in [0.1, 0.15) is 0 Å². The average molecular weight is 301 g/mol. The molecule has 2 aromatic carbocycles. The molecule has 1 heterocycles. The number of nitrogens with one attached hydrogen (secondary N) is 1. The second kappa shape index (κ2) is 5.03. The number of nitrogens with zero attached hydrogens (tertiary/aromatic N) is 1. The second-order valence-electron chi connectivity index (χ2n) is 4.53. The van der Waals surface area contributed by atoms with Crippen LogP contribution in [0.15, 0.2) is 48.7 Å². The standard InChI is InChI=1S/C15H9ClN2O3/c16-10-4-5-14-12(7-10)13(8-17-14)15(19)9-2-1-3-11(6-9)18(20)21/h1-8,17H. The first-order chi connectivity index (χ1) is 10.1. The van der Waals surface area contributed by atoms with Crippen LogP contribution >= 0.6 is 11.6 Å². The number of non-ortho nitro benzene ring substituents is 1. The zero-order valence-corrected chi connectivity index (χ0v) is 11.4. The van der Waals surface area contributed by atoms with Gasteiger partial charge in [0.05, 0.1) is 4.92 Å². The molecule has 104 valence electrons. The summed E-state index contributed by atoms with van der Waals surface area (Å²) in [6, 6.07) is 10.9. The Morgan fingerprint density at radius 2 is 2.00 bits per heavy atom. The normalized spacial score (nSPS) is 10.7. The lowest BCUT2D eigenvalue weighted by molar-refractivity contribution is -0.384. The third kappa shape index (κ3) is 2.39. The van der Waals surface area contributed by atoms with Gasteiger partial charge in [0.15, 0.2) is 5.78 Å². The molecule has 6 heteroatoms. The van der Waals surface area contributed by atoms with Crippen LogP contribution in [0.4, 0.5) is 5.69 Å². The van der Waals surface area contributed by atoms with Crippen molar-refractivity contribution < 1.29 is 9.72 Å². The highest BCUT2D eigenvalue weighted by Crippen LogP contribution is 2.25. The van der Waals surface area contributed by atoms with Crippen LogP contribution in [0.5, 0.6) is 0 Å². The number of rotatable bonds is 3. The maximum absolute atomic E-state index is 12.5. The van der Waals surface area contributed by atoms with E-state index < -0.39 is 4.92 Å². The quantitative estimate of drug-likeness (QED) is 0.452. The van der Waals surface area contributed by atoms with Gasteiger partial charge in [-0.05, 0) is 18.2 Å². The van der Waals surface area contributed by atoms with E-state index in [0.717, 1.165) is 5.52 Å². The molecule has 0 aliphatic carbocycles. The number of hydrogen-bond acceptors (Lipinski definition) is 3. The summed E-state index contributed by atoms with van der Waals surface area (Å²) in [5.41, 5.74) is 1.38. The van der Waals surface area contributed by atoms with E-state index in [1.165, 1.54) is 18.2 Å². The topological polar surface area (TPSA) is 76.0 Å². The Kier molecular flexibility index (Phi) is 3.19. The molecule has 3 aromatic rings. The number of aromatic nitrogens is 1. The van der Waals surface area contributed by atoms with E-state index in [0.29, 0.717) is 16.0 Å². The summed E-state index contributed by atoms with van der Waals surface area (Å²) in [6.07, 6.45) is 1.59. The van der Waals surface area contributed by atoms with Gasteiger partial charge < -0.3 is 4.98 Å². The molecule has 0 spiro atoms. The molecule has 21 heavy (non-hydrogen) atoms. The van der Waals surface area contributed by atoms with Crippen LogP contribution in [0.1, 0.15) is 15.9 Å². The van der Waals surface area contributed by atoms with E-state index in [9.17, 15) is 14.9 Å². The van der Waals surface area contributed by atoms with Crippen LogP contribution < -0.4 is 0 Å². The zero-order valence-electron chi connectivity index (χ0n) is 10.7. The number of nitro benzene ring substituents is 1. The third-order valence-electron chi connectivity index (χ3n) is 3.21. The van der Waals surface area contributed by atoms with E-state index in [-0.39, 0.29) is 17.0 Å². The molecule has 0 radical (unpaired) electrons. The van der Waals surface area contributed by atoms with E-state index in [1.54, 1.807) is 30.5 Å². The van der Waals surface area contributed by atoms with Crippen molar-refractivity contribution in [2.45, 2.75) is 0 Å². The SMILES string of the molecule is O=C(c1cccc([N+](=O)[O-])c1)c1c[nH]c2ccc(Cl)cc12. The van der Waals surface area contributed by atoms with Crippen LogP contribution in [0.3, 0.4) is 0 Å². The molecule has 0 bridgehead atoms. The maximum Gasteiger partial charge on any atom is 0.270 e. The van der Waals surface area contributed by atoms with Crippen molar-refractivity contribution >= 4 is 34.0 Å². The number of ketones is 1. The monoisotopic (exact) mass is 300 g/mol. The Morgan fingerprint density at radius 3 is 2.76 bits per heavy atom. The van der Waals surface area contributed by atoms with Crippen molar-refractivity contribution in [2.75, 3.05) is 0 Å². The van der Waals surface area contributed by atoms with Crippen molar-refractivity contribution in [2.24, 2.45) is 0 Å². The van der Waals surface area contributed by atoms with Gasteiger partial charge in [-0.1, -0.05) is 23.7 Å². The summed E-state index contributed by atoms with van der Waals surface area (Å²) in [6.45, 7) is 0. The maximum atomic E-state index is 12.5. The zero-order chi connectivity index (χ0) is 15.0.